The van der Waals surface area contributed by atoms with Crippen molar-refractivity contribution in [3.63, 3.8) is 0 Å². The lowest BCUT2D eigenvalue weighted by Crippen LogP contribution is -2.18. The summed E-state index contributed by atoms with van der Waals surface area (Å²) in [5.41, 5.74) is 2.04. The van der Waals surface area contributed by atoms with Crippen LogP contribution in [0.3, 0.4) is 0 Å². The monoisotopic (exact) mass is 182 g/mol. The third-order valence-corrected chi connectivity index (χ3v) is 1.34. The van der Waals surface area contributed by atoms with Crippen molar-refractivity contribution in [3.05, 3.63) is 30.0 Å². The van der Waals surface area contributed by atoms with E-state index in [9.17, 15) is 9.59 Å². The third-order valence-electron chi connectivity index (χ3n) is 1.34. The van der Waals surface area contributed by atoms with Gasteiger partial charge in [0.25, 0.3) is 0 Å². The molecule has 0 aromatic rings. The molecule has 0 heterocycles. The third kappa shape index (κ3) is 2.97. The van der Waals surface area contributed by atoms with Crippen molar-refractivity contribution >= 4 is 11.9 Å². The van der Waals surface area contributed by atoms with E-state index in [-0.39, 0.29) is 5.57 Å². The Kier molecular flexibility index (Phi) is 4.27. The topological polar surface area (TPSA) is 74.6 Å². The van der Waals surface area contributed by atoms with Crippen LogP contribution >= 0.6 is 0 Å². The molecule has 0 radical (unpaired) electrons. The van der Waals surface area contributed by atoms with Crippen LogP contribution in [0.1, 0.15) is 6.92 Å². The lowest BCUT2D eigenvalue weighted by Gasteiger charge is -2.04. The first-order chi connectivity index (χ1) is 6.04. The first-order valence-electron chi connectivity index (χ1n) is 3.54. The number of carboxylic acids is 2. The molecule has 4 heteroatoms. The van der Waals surface area contributed by atoms with Gasteiger partial charge in [0.2, 0.25) is 0 Å². The molecule has 1 atom stereocenters. The van der Waals surface area contributed by atoms with E-state index >= 15 is 0 Å². The van der Waals surface area contributed by atoms with Crippen molar-refractivity contribution in [2.75, 3.05) is 0 Å². The Balaban J connectivity index is 5.16. The molecule has 2 N–H and O–H groups in total. The van der Waals surface area contributed by atoms with Crippen molar-refractivity contribution in [2.45, 2.75) is 6.92 Å². The molecule has 13 heavy (non-hydrogen) atoms. The zero-order valence-corrected chi connectivity index (χ0v) is 7.15. The molecule has 0 saturated heterocycles. The number of hydrogen-bond acceptors (Lipinski definition) is 2. The maximum Gasteiger partial charge on any atom is 0.340 e. The van der Waals surface area contributed by atoms with Crippen LogP contribution in [0.25, 0.3) is 0 Å². The van der Waals surface area contributed by atoms with Gasteiger partial charge in [-0.3, -0.25) is 4.79 Å². The van der Waals surface area contributed by atoms with Crippen molar-refractivity contribution in [2.24, 2.45) is 5.92 Å². The Hall–Kier alpha value is -1.80. The molecule has 0 aromatic carbocycles. The van der Waals surface area contributed by atoms with Gasteiger partial charge in [-0.1, -0.05) is 6.08 Å². The first-order valence-corrected chi connectivity index (χ1v) is 3.54. The summed E-state index contributed by atoms with van der Waals surface area (Å²) in [6.45, 7) is 4.81. The molecule has 0 amide bonds. The normalized spacial score (nSPS) is 10.8. The number of hydrogen-bond donors (Lipinski definition) is 2. The van der Waals surface area contributed by atoms with E-state index in [4.69, 9.17) is 10.2 Å². The highest BCUT2D eigenvalue weighted by Gasteiger charge is 2.23. The lowest BCUT2D eigenvalue weighted by molar-refractivity contribution is -0.142. The zero-order chi connectivity index (χ0) is 10.4. The van der Waals surface area contributed by atoms with Crippen LogP contribution in [0.4, 0.5) is 0 Å². The Morgan fingerprint density at radius 2 is 2.00 bits per heavy atom. The van der Waals surface area contributed by atoms with E-state index in [1.807, 2.05) is 0 Å². The van der Waals surface area contributed by atoms with Gasteiger partial charge in [0.05, 0.1) is 5.57 Å². The maximum atomic E-state index is 10.6. The van der Waals surface area contributed by atoms with Gasteiger partial charge in [-0.05, 0) is 13.0 Å². The highest BCUT2D eigenvalue weighted by Crippen LogP contribution is 2.11. The van der Waals surface area contributed by atoms with Crippen molar-refractivity contribution < 1.29 is 19.8 Å². The molecule has 0 spiro atoms. The fourth-order valence-corrected chi connectivity index (χ4v) is 0.782. The molecule has 0 saturated carbocycles. The number of aliphatic carboxylic acids is 2. The Morgan fingerprint density at radius 3 is 2.23 bits per heavy atom. The number of rotatable bonds is 4. The minimum Gasteiger partial charge on any atom is -0.481 e. The Morgan fingerprint density at radius 1 is 1.46 bits per heavy atom. The average Bonchev–Trinajstić information content (AvgIpc) is 2.03. The summed E-state index contributed by atoms with van der Waals surface area (Å²) in [5.74, 6) is -3.76. The molecule has 0 aliphatic rings. The molecule has 0 aromatic heterocycles. The molecule has 4 nitrogen and oxygen atoms in total. The fourth-order valence-electron chi connectivity index (χ4n) is 0.782. The zero-order valence-electron chi connectivity index (χ0n) is 7.15. The quantitative estimate of drug-likeness (QED) is 0.387. The lowest BCUT2D eigenvalue weighted by atomic mass is 10.0. The highest BCUT2D eigenvalue weighted by atomic mass is 16.4. The minimum atomic E-state index is -1.30. The predicted octanol–water partition coefficient (Wildman–Crippen LogP) is 1.06. The van der Waals surface area contributed by atoms with Crippen LogP contribution in [0.5, 0.6) is 0 Å². The van der Waals surface area contributed by atoms with E-state index in [0.717, 1.165) is 6.08 Å². The molecule has 0 aliphatic carbocycles. The Labute approximate surface area is 75.5 Å². The summed E-state index contributed by atoms with van der Waals surface area (Å²) in [4.78, 5) is 21.1. The predicted molar refractivity (Wildman–Crippen MR) is 46.2 cm³/mol. The summed E-state index contributed by atoms with van der Waals surface area (Å²) in [7, 11) is 0. The second kappa shape index (κ2) is 4.95. The van der Waals surface area contributed by atoms with Crippen LogP contribution in [-0.4, -0.2) is 22.2 Å². The van der Waals surface area contributed by atoms with E-state index in [1.54, 1.807) is 6.92 Å². The van der Waals surface area contributed by atoms with Crippen molar-refractivity contribution in [1.29, 1.82) is 0 Å². The standard InChI is InChI=1S/C9H10O4/c1-3-5-7(9(12)13)6(4-2)8(10)11/h3-4,6H,2H2,1H3,(H,10,11)(H,12,13). The molecule has 0 aliphatic heterocycles. The number of carboxylic acid groups (broad SMARTS) is 2. The summed E-state index contributed by atoms with van der Waals surface area (Å²) in [5, 5.41) is 17.2. The second-order valence-corrected chi connectivity index (χ2v) is 2.20. The van der Waals surface area contributed by atoms with Gasteiger partial charge in [0, 0.05) is 0 Å². The van der Waals surface area contributed by atoms with E-state index in [2.05, 4.69) is 12.3 Å². The number of carbonyl (C=O) groups is 2. The van der Waals surface area contributed by atoms with Crippen LogP contribution in [0.15, 0.2) is 30.0 Å². The van der Waals surface area contributed by atoms with Crippen LogP contribution in [-0.2, 0) is 9.59 Å². The average molecular weight is 182 g/mol. The molecule has 1 unspecified atom stereocenters. The molecule has 0 bridgehead atoms. The smallest absolute Gasteiger partial charge is 0.340 e. The molecular weight excluding hydrogens is 172 g/mol. The summed E-state index contributed by atoms with van der Waals surface area (Å²) >= 11 is 0. The van der Waals surface area contributed by atoms with Gasteiger partial charge >= 0.3 is 11.9 Å². The SMILES string of the molecule is C=CC(C(=O)O)C(=C=CC)C(=O)O. The van der Waals surface area contributed by atoms with Crippen molar-refractivity contribution in [3.8, 4) is 0 Å². The molecule has 0 rings (SSSR count). The van der Waals surface area contributed by atoms with Gasteiger partial charge in [0.1, 0.15) is 5.92 Å². The van der Waals surface area contributed by atoms with Gasteiger partial charge in [-0.15, -0.1) is 12.3 Å². The summed E-state index contributed by atoms with van der Waals surface area (Å²) in [6, 6.07) is 0. The molecule has 70 valence electrons. The van der Waals surface area contributed by atoms with E-state index in [0.29, 0.717) is 0 Å². The molecular formula is C9H10O4. The maximum absolute atomic E-state index is 10.6. The van der Waals surface area contributed by atoms with Gasteiger partial charge < -0.3 is 10.2 Å². The van der Waals surface area contributed by atoms with Gasteiger partial charge in [0.15, 0.2) is 0 Å². The van der Waals surface area contributed by atoms with Crippen LogP contribution in [0.2, 0.25) is 0 Å². The first kappa shape index (κ1) is 11.2. The van der Waals surface area contributed by atoms with Crippen molar-refractivity contribution in [1.82, 2.24) is 0 Å². The Bertz CT molecular complexity index is 295. The highest BCUT2D eigenvalue weighted by molar-refractivity contribution is 5.94. The van der Waals surface area contributed by atoms with Gasteiger partial charge in [-0.2, -0.15) is 0 Å². The summed E-state index contributed by atoms with van der Waals surface area (Å²) in [6.07, 6.45) is 2.41. The summed E-state index contributed by atoms with van der Waals surface area (Å²) < 4.78 is 0. The van der Waals surface area contributed by atoms with E-state index in [1.165, 1.54) is 6.08 Å². The fraction of sp³-hybridized carbons (Fsp3) is 0.222. The van der Waals surface area contributed by atoms with Crippen LogP contribution < -0.4 is 0 Å². The second-order valence-electron chi connectivity index (χ2n) is 2.20. The van der Waals surface area contributed by atoms with Crippen LogP contribution in [0, 0.1) is 5.92 Å². The van der Waals surface area contributed by atoms with Gasteiger partial charge in [-0.25, -0.2) is 4.79 Å². The van der Waals surface area contributed by atoms with E-state index < -0.39 is 17.9 Å². The minimum absolute atomic E-state index is 0.315. The molecule has 0 fully saturated rings. The largest absolute Gasteiger partial charge is 0.481 e.